The van der Waals surface area contributed by atoms with Crippen LogP contribution in [0.3, 0.4) is 0 Å². The van der Waals surface area contributed by atoms with Crippen LogP contribution in [0, 0.1) is 0 Å². The molecule has 0 aliphatic rings. The van der Waals surface area contributed by atoms with Crippen LogP contribution in [0.5, 0.6) is 0 Å². The van der Waals surface area contributed by atoms with Crippen molar-refractivity contribution in [3.63, 3.8) is 0 Å². The predicted octanol–water partition coefficient (Wildman–Crippen LogP) is 2.37. The largest absolute Gasteiger partial charge is 0.480 e. The summed E-state index contributed by atoms with van der Waals surface area (Å²) in [5.41, 5.74) is 0.472. The molecule has 1 aromatic carbocycles. The second-order valence-corrected chi connectivity index (χ2v) is 6.50. The van der Waals surface area contributed by atoms with E-state index in [1.54, 1.807) is 4.90 Å². The number of carboxylic acids is 1. The van der Waals surface area contributed by atoms with Crippen molar-refractivity contribution in [3.8, 4) is 0 Å². The van der Waals surface area contributed by atoms with Crippen molar-refractivity contribution in [2.45, 2.75) is 37.0 Å². The zero-order valence-corrected chi connectivity index (χ0v) is 12.5. The third-order valence-electron chi connectivity index (χ3n) is 3.16. The fraction of sp³-hybridized carbons (Fsp3) is 0.462. The van der Waals surface area contributed by atoms with Crippen molar-refractivity contribution in [3.05, 3.63) is 24.3 Å². The number of carbonyl (C=O) groups is 1. The first kappa shape index (κ1) is 17.4. The van der Waals surface area contributed by atoms with E-state index >= 15 is 0 Å². The number of benzene rings is 1. The highest BCUT2D eigenvalue weighted by Gasteiger charge is 2.26. The van der Waals surface area contributed by atoms with Gasteiger partial charge in [0.1, 0.15) is 6.54 Å². The maximum Gasteiger partial charge on any atom is 0.341 e. The lowest BCUT2D eigenvalue weighted by Crippen LogP contribution is -2.37. The molecule has 21 heavy (non-hydrogen) atoms. The zero-order chi connectivity index (χ0) is 16.2. The topological polar surface area (TPSA) is 74.7 Å². The number of hydrogen-bond donors (Lipinski definition) is 1. The summed E-state index contributed by atoms with van der Waals surface area (Å²) in [5, 5.41) is 8.91. The van der Waals surface area contributed by atoms with Crippen LogP contribution in [-0.4, -0.2) is 37.8 Å². The van der Waals surface area contributed by atoms with Gasteiger partial charge in [0, 0.05) is 11.7 Å². The first-order chi connectivity index (χ1) is 9.70. The molecule has 1 aromatic rings. The average molecular weight is 321 g/mol. The van der Waals surface area contributed by atoms with Crippen LogP contribution in [0.4, 0.5) is 14.5 Å². The van der Waals surface area contributed by atoms with Crippen LogP contribution in [-0.2, 0) is 14.6 Å². The van der Waals surface area contributed by atoms with Crippen molar-refractivity contribution < 1.29 is 27.1 Å². The second kappa shape index (κ2) is 6.84. The van der Waals surface area contributed by atoms with Crippen LogP contribution in [0.1, 0.15) is 20.3 Å². The summed E-state index contributed by atoms with van der Waals surface area (Å²) in [6.07, 6.45) is 0.685. The Labute approximate surface area is 122 Å². The zero-order valence-electron chi connectivity index (χ0n) is 11.7. The van der Waals surface area contributed by atoms with E-state index in [1.807, 2.05) is 13.8 Å². The molecule has 8 heteroatoms. The normalized spacial score (nSPS) is 13.2. The Morgan fingerprint density at radius 3 is 2.19 bits per heavy atom. The summed E-state index contributed by atoms with van der Waals surface area (Å²) in [7, 11) is -4.64. The van der Waals surface area contributed by atoms with Gasteiger partial charge >= 0.3 is 11.7 Å². The molecule has 0 aromatic heterocycles. The van der Waals surface area contributed by atoms with Crippen LogP contribution in [0.2, 0.25) is 0 Å². The molecule has 118 valence electrons. The Balaban J connectivity index is 3.11. The Hall–Kier alpha value is -1.70. The number of anilines is 1. The highest BCUT2D eigenvalue weighted by Crippen LogP contribution is 2.23. The maximum atomic E-state index is 12.4. The van der Waals surface area contributed by atoms with Gasteiger partial charge in [0.25, 0.3) is 0 Å². The minimum atomic E-state index is -4.64. The number of sulfone groups is 1. The number of rotatable bonds is 7. The lowest BCUT2D eigenvalue weighted by atomic mass is 10.2. The Bertz CT molecular complexity index is 587. The van der Waals surface area contributed by atoms with E-state index in [1.165, 1.54) is 12.1 Å². The highest BCUT2D eigenvalue weighted by atomic mass is 32.2. The second-order valence-electron chi connectivity index (χ2n) is 4.58. The fourth-order valence-electron chi connectivity index (χ4n) is 1.80. The third-order valence-corrected chi connectivity index (χ3v) is 4.56. The quantitative estimate of drug-likeness (QED) is 0.834. The van der Waals surface area contributed by atoms with E-state index in [0.29, 0.717) is 12.1 Å². The predicted molar refractivity (Wildman–Crippen MR) is 74.4 cm³/mol. The number of nitrogens with zero attached hydrogens (tertiary/aromatic N) is 1. The van der Waals surface area contributed by atoms with E-state index in [-0.39, 0.29) is 12.6 Å². The summed E-state index contributed by atoms with van der Waals surface area (Å²) in [6.45, 7) is 3.46. The maximum absolute atomic E-state index is 12.4. The van der Waals surface area contributed by atoms with Crippen molar-refractivity contribution in [2.24, 2.45) is 0 Å². The third kappa shape index (κ3) is 4.13. The van der Waals surface area contributed by atoms with Gasteiger partial charge in [0.05, 0.1) is 4.90 Å². The van der Waals surface area contributed by atoms with Gasteiger partial charge in [-0.3, -0.25) is 4.79 Å². The molecule has 0 saturated carbocycles. The van der Waals surface area contributed by atoms with E-state index < -0.39 is 26.5 Å². The van der Waals surface area contributed by atoms with Crippen molar-refractivity contribution in [2.75, 3.05) is 11.4 Å². The van der Waals surface area contributed by atoms with Crippen molar-refractivity contribution in [1.82, 2.24) is 0 Å². The van der Waals surface area contributed by atoms with E-state index in [4.69, 9.17) is 5.11 Å². The number of carboxylic acid groups (broad SMARTS) is 1. The molecule has 0 aliphatic carbocycles. The first-order valence-corrected chi connectivity index (χ1v) is 7.85. The number of aliphatic carboxylic acids is 1. The van der Waals surface area contributed by atoms with Gasteiger partial charge in [0.15, 0.2) is 0 Å². The first-order valence-electron chi connectivity index (χ1n) is 6.30. The van der Waals surface area contributed by atoms with Crippen LogP contribution in [0.15, 0.2) is 29.2 Å². The summed E-state index contributed by atoms with van der Waals surface area (Å²) in [5.74, 6) is -4.51. The molecule has 0 aliphatic heterocycles. The van der Waals surface area contributed by atoms with Crippen LogP contribution in [0.25, 0.3) is 0 Å². The van der Waals surface area contributed by atoms with E-state index in [0.717, 1.165) is 12.1 Å². The van der Waals surface area contributed by atoms with Gasteiger partial charge in [-0.25, -0.2) is 8.42 Å². The number of halogens is 2. The minimum Gasteiger partial charge on any atom is -0.480 e. The smallest absolute Gasteiger partial charge is 0.341 e. The van der Waals surface area contributed by atoms with E-state index in [9.17, 15) is 22.0 Å². The summed E-state index contributed by atoms with van der Waals surface area (Å²) < 4.78 is 47.5. The van der Waals surface area contributed by atoms with Gasteiger partial charge in [0.2, 0.25) is 9.84 Å². The number of hydrogen-bond acceptors (Lipinski definition) is 4. The fourth-order valence-corrected chi connectivity index (χ4v) is 2.52. The lowest BCUT2D eigenvalue weighted by Gasteiger charge is -2.29. The standard InChI is InChI=1S/C13H17F2NO4S/c1-3-9(2)16(8-12(17)18)10-4-6-11(7-5-10)21(19,20)13(14)15/h4-7,9,13H,3,8H2,1-2H3,(H,17,18). The molecular weight excluding hydrogens is 304 g/mol. The molecule has 0 spiro atoms. The van der Waals surface area contributed by atoms with Gasteiger partial charge in [-0.15, -0.1) is 0 Å². The summed E-state index contributed by atoms with van der Waals surface area (Å²) >= 11 is 0. The van der Waals surface area contributed by atoms with E-state index in [2.05, 4.69) is 0 Å². The van der Waals surface area contributed by atoms with Crippen molar-refractivity contribution in [1.29, 1.82) is 0 Å². The van der Waals surface area contributed by atoms with Gasteiger partial charge < -0.3 is 10.0 Å². The average Bonchev–Trinajstić information content (AvgIpc) is 2.43. The number of alkyl halides is 2. The Morgan fingerprint density at radius 2 is 1.81 bits per heavy atom. The molecule has 0 saturated heterocycles. The molecule has 0 amide bonds. The molecule has 1 N–H and O–H groups in total. The molecular formula is C13H17F2NO4S. The highest BCUT2D eigenvalue weighted by molar-refractivity contribution is 7.91. The molecule has 1 rings (SSSR count). The molecule has 0 bridgehead atoms. The summed E-state index contributed by atoms with van der Waals surface area (Å²) in [6, 6.07) is 4.72. The van der Waals surface area contributed by atoms with Crippen LogP contribution >= 0.6 is 0 Å². The Morgan fingerprint density at radius 1 is 1.29 bits per heavy atom. The monoisotopic (exact) mass is 321 g/mol. The molecule has 1 unspecified atom stereocenters. The van der Waals surface area contributed by atoms with Crippen molar-refractivity contribution >= 4 is 21.5 Å². The molecule has 1 atom stereocenters. The lowest BCUT2D eigenvalue weighted by molar-refractivity contribution is -0.135. The van der Waals surface area contributed by atoms with Crippen LogP contribution < -0.4 is 4.90 Å². The molecule has 0 fully saturated rings. The molecule has 5 nitrogen and oxygen atoms in total. The van der Waals surface area contributed by atoms with Gasteiger partial charge in [-0.05, 0) is 37.6 Å². The summed E-state index contributed by atoms with van der Waals surface area (Å²) in [4.78, 5) is 12.0. The van der Waals surface area contributed by atoms with Gasteiger partial charge in [-0.1, -0.05) is 6.92 Å². The SMILES string of the molecule is CCC(C)N(CC(=O)O)c1ccc(S(=O)(=O)C(F)F)cc1. The molecule has 0 heterocycles. The van der Waals surface area contributed by atoms with Gasteiger partial charge in [-0.2, -0.15) is 8.78 Å². The minimum absolute atomic E-state index is 0.0846. The molecule has 0 radical (unpaired) electrons. The Kier molecular flexibility index (Phi) is 5.65.